The maximum atomic E-state index is 5.77. The van der Waals surface area contributed by atoms with E-state index in [2.05, 4.69) is 52.6 Å². The molecule has 0 aromatic carbocycles. The van der Waals surface area contributed by atoms with Crippen molar-refractivity contribution in [3.8, 4) is 0 Å². The number of hydrogen-bond acceptors (Lipinski definition) is 1. The van der Waals surface area contributed by atoms with E-state index in [1.54, 1.807) is 0 Å². The fourth-order valence-corrected chi connectivity index (χ4v) is 1.71. The Kier molecular flexibility index (Phi) is 6.86. The third-order valence-corrected chi connectivity index (χ3v) is 3.07. The second-order valence-electron chi connectivity index (χ2n) is 5.29. The summed E-state index contributed by atoms with van der Waals surface area (Å²) in [4.78, 5) is 0. The van der Waals surface area contributed by atoms with Gasteiger partial charge in [0.1, 0.15) is 0 Å². The largest absolute Gasteiger partial charge is 0.414 e. The molecule has 0 bridgehead atoms. The van der Waals surface area contributed by atoms with Crippen molar-refractivity contribution in [3.63, 3.8) is 0 Å². The molecule has 0 fully saturated rings. The molecule has 0 aliphatic rings. The summed E-state index contributed by atoms with van der Waals surface area (Å²) in [7, 11) is -1.33. The van der Waals surface area contributed by atoms with Crippen LogP contribution in [0, 0.1) is 0 Å². The van der Waals surface area contributed by atoms with Gasteiger partial charge in [-0.3, -0.25) is 0 Å². The van der Waals surface area contributed by atoms with Crippen molar-refractivity contribution >= 4 is 8.32 Å². The average molecular weight is 226 g/mol. The smallest absolute Gasteiger partial charge is 0.184 e. The van der Waals surface area contributed by atoms with Crippen LogP contribution in [0.5, 0.6) is 0 Å². The topological polar surface area (TPSA) is 9.23 Å². The molecule has 88 valence electrons. The van der Waals surface area contributed by atoms with Crippen LogP contribution in [0.25, 0.3) is 0 Å². The first-order valence-electron chi connectivity index (χ1n) is 5.74. The first kappa shape index (κ1) is 14.7. The first-order valence-corrected chi connectivity index (χ1v) is 9.15. The van der Waals surface area contributed by atoms with E-state index in [0.29, 0.717) is 0 Å². The quantitative estimate of drug-likeness (QED) is 0.477. The zero-order chi connectivity index (χ0) is 11.9. The molecular formula is C13H26OSi. The molecule has 15 heavy (non-hydrogen) atoms. The highest BCUT2D eigenvalue weighted by Gasteiger charge is 2.12. The van der Waals surface area contributed by atoms with E-state index in [1.807, 2.05) is 0 Å². The summed E-state index contributed by atoms with van der Waals surface area (Å²) in [5.74, 6) is 0. The third-order valence-electron chi connectivity index (χ3n) is 2.04. The Hall–Kier alpha value is -0.343. The van der Waals surface area contributed by atoms with Gasteiger partial charge in [0.05, 0.1) is 6.61 Å². The molecule has 0 radical (unpaired) electrons. The molecule has 0 heterocycles. The molecule has 0 aliphatic carbocycles. The maximum absolute atomic E-state index is 5.77. The SMILES string of the molecule is CC(C)=CCCC(C)=CCO[Si](C)(C)C. The van der Waals surface area contributed by atoms with Crippen molar-refractivity contribution in [1.82, 2.24) is 0 Å². The van der Waals surface area contributed by atoms with Crippen LogP contribution in [-0.2, 0) is 4.43 Å². The standard InChI is InChI=1S/C13H26OSi/c1-12(2)8-7-9-13(3)10-11-14-15(4,5)6/h8,10H,7,9,11H2,1-6H3. The number of allylic oxidation sites excluding steroid dienone is 3. The van der Waals surface area contributed by atoms with E-state index in [1.165, 1.54) is 11.1 Å². The van der Waals surface area contributed by atoms with E-state index in [4.69, 9.17) is 4.43 Å². The predicted molar refractivity (Wildman–Crippen MR) is 71.7 cm³/mol. The third kappa shape index (κ3) is 11.6. The Labute approximate surface area is 96.4 Å². The summed E-state index contributed by atoms with van der Waals surface area (Å²) < 4.78 is 5.77. The number of rotatable bonds is 6. The second kappa shape index (κ2) is 7.02. The van der Waals surface area contributed by atoms with Crippen LogP contribution < -0.4 is 0 Å². The van der Waals surface area contributed by atoms with Crippen LogP contribution in [-0.4, -0.2) is 14.9 Å². The predicted octanol–water partition coefficient (Wildman–Crippen LogP) is 4.53. The van der Waals surface area contributed by atoms with Gasteiger partial charge in [0.25, 0.3) is 0 Å². The number of hydrogen-bond donors (Lipinski definition) is 0. The van der Waals surface area contributed by atoms with Gasteiger partial charge in [-0.15, -0.1) is 0 Å². The lowest BCUT2D eigenvalue weighted by atomic mass is 10.1. The summed E-state index contributed by atoms with van der Waals surface area (Å²) in [6, 6.07) is 0. The highest BCUT2D eigenvalue weighted by Crippen LogP contribution is 2.08. The van der Waals surface area contributed by atoms with Crippen LogP contribution in [0.15, 0.2) is 23.3 Å². The van der Waals surface area contributed by atoms with Crippen molar-refractivity contribution < 1.29 is 4.43 Å². The van der Waals surface area contributed by atoms with Crippen LogP contribution in [0.3, 0.4) is 0 Å². The van der Waals surface area contributed by atoms with Crippen LogP contribution in [0.2, 0.25) is 19.6 Å². The maximum Gasteiger partial charge on any atom is 0.184 e. The molecule has 0 aliphatic heterocycles. The van der Waals surface area contributed by atoms with Crippen molar-refractivity contribution in [3.05, 3.63) is 23.3 Å². The monoisotopic (exact) mass is 226 g/mol. The van der Waals surface area contributed by atoms with Gasteiger partial charge in [-0.25, -0.2) is 0 Å². The van der Waals surface area contributed by atoms with Gasteiger partial charge in [0, 0.05) is 0 Å². The van der Waals surface area contributed by atoms with Gasteiger partial charge in [-0.2, -0.15) is 0 Å². The molecule has 2 heteroatoms. The summed E-state index contributed by atoms with van der Waals surface area (Å²) in [6.45, 7) is 13.9. The normalized spacial score (nSPS) is 12.8. The fraction of sp³-hybridized carbons (Fsp3) is 0.692. The second-order valence-corrected chi connectivity index (χ2v) is 9.81. The van der Waals surface area contributed by atoms with Crippen molar-refractivity contribution in [2.45, 2.75) is 53.3 Å². The minimum absolute atomic E-state index is 0.788. The molecular weight excluding hydrogens is 200 g/mol. The molecule has 0 saturated carbocycles. The Bertz CT molecular complexity index is 229. The lowest BCUT2D eigenvalue weighted by molar-refractivity contribution is 0.356. The molecule has 1 nitrogen and oxygen atoms in total. The molecule has 0 atom stereocenters. The molecule has 0 aromatic heterocycles. The average Bonchev–Trinajstić information content (AvgIpc) is 2.00. The zero-order valence-electron chi connectivity index (χ0n) is 11.2. The zero-order valence-corrected chi connectivity index (χ0v) is 12.2. The van der Waals surface area contributed by atoms with E-state index >= 15 is 0 Å². The Morgan fingerprint density at radius 1 is 1.07 bits per heavy atom. The van der Waals surface area contributed by atoms with Gasteiger partial charge >= 0.3 is 0 Å². The lowest BCUT2D eigenvalue weighted by Crippen LogP contribution is -2.25. The van der Waals surface area contributed by atoms with Gasteiger partial charge in [-0.05, 0) is 53.3 Å². The van der Waals surface area contributed by atoms with Crippen molar-refractivity contribution in [2.75, 3.05) is 6.61 Å². The summed E-state index contributed by atoms with van der Waals surface area (Å²) >= 11 is 0. The van der Waals surface area contributed by atoms with Gasteiger partial charge < -0.3 is 4.43 Å². The molecule has 0 amide bonds. The Morgan fingerprint density at radius 2 is 1.67 bits per heavy atom. The summed E-state index contributed by atoms with van der Waals surface area (Å²) in [5, 5.41) is 0. The summed E-state index contributed by atoms with van der Waals surface area (Å²) in [6.07, 6.45) is 6.81. The minimum atomic E-state index is -1.33. The van der Waals surface area contributed by atoms with E-state index in [-0.39, 0.29) is 0 Å². The summed E-state index contributed by atoms with van der Waals surface area (Å²) in [5.41, 5.74) is 2.84. The Balaban J connectivity index is 3.75. The molecule has 0 saturated heterocycles. The van der Waals surface area contributed by atoms with Gasteiger partial charge in [0.2, 0.25) is 0 Å². The minimum Gasteiger partial charge on any atom is -0.414 e. The van der Waals surface area contributed by atoms with Crippen LogP contribution in [0.4, 0.5) is 0 Å². The van der Waals surface area contributed by atoms with E-state index < -0.39 is 8.32 Å². The fourth-order valence-electron chi connectivity index (χ4n) is 1.12. The molecule has 0 spiro atoms. The van der Waals surface area contributed by atoms with Crippen molar-refractivity contribution in [1.29, 1.82) is 0 Å². The van der Waals surface area contributed by atoms with Crippen LogP contribution >= 0.6 is 0 Å². The van der Waals surface area contributed by atoms with Crippen molar-refractivity contribution in [2.24, 2.45) is 0 Å². The molecule has 0 aromatic rings. The molecule has 0 N–H and O–H groups in total. The van der Waals surface area contributed by atoms with E-state index in [9.17, 15) is 0 Å². The lowest BCUT2D eigenvalue weighted by Gasteiger charge is -2.15. The highest BCUT2D eigenvalue weighted by atomic mass is 28.4. The highest BCUT2D eigenvalue weighted by molar-refractivity contribution is 6.69. The van der Waals surface area contributed by atoms with Gasteiger partial charge in [0.15, 0.2) is 8.32 Å². The molecule has 0 unspecified atom stereocenters. The first-order chi connectivity index (χ1) is 6.81. The van der Waals surface area contributed by atoms with Gasteiger partial charge in [-0.1, -0.05) is 23.3 Å². The molecule has 0 rings (SSSR count). The Morgan fingerprint density at radius 3 is 2.13 bits per heavy atom. The van der Waals surface area contributed by atoms with E-state index in [0.717, 1.165) is 19.4 Å². The van der Waals surface area contributed by atoms with Crippen LogP contribution in [0.1, 0.15) is 33.6 Å².